The lowest BCUT2D eigenvalue weighted by molar-refractivity contribution is -0.117. The first-order chi connectivity index (χ1) is 11.5. The van der Waals surface area contributed by atoms with Gasteiger partial charge in [0.25, 0.3) is 0 Å². The number of nitrogens with one attached hydrogen (secondary N) is 2. The number of carbonyl (C=O) groups is 2. The minimum atomic E-state index is -0.0176. The Hall–Kier alpha value is -2.08. The Morgan fingerprint density at radius 1 is 1.08 bits per heavy atom. The second kappa shape index (κ2) is 9.27. The smallest absolute Gasteiger partial charge is 0.317 e. The van der Waals surface area contributed by atoms with E-state index in [0.717, 1.165) is 31.7 Å². The molecule has 24 heavy (non-hydrogen) atoms. The van der Waals surface area contributed by atoms with Crippen LogP contribution in [-0.2, 0) is 4.79 Å². The molecule has 0 unspecified atom stereocenters. The number of hydrogen-bond donors (Lipinski definition) is 2. The highest BCUT2D eigenvalue weighted by Crippen LogP contribution is 2.06. The Bertz CT molecular complexity index is 525. The monoisotopic (exact) mass is 332 g/mol. The highest BCUT2D eigenvalue weighted by molar-refractivity contribution is 5.92. The SMILES string of the molecule is CC(C)CCNC(=O)N1CCN(CC(=O)Nc2ccccc2)CC1. The molecule has 6 heteroatoms. The quantitative estimate of drug-likeness (QED) is 0.837. The maximum absolute atomic E-state index is 12.1. The minimum Gasteiger partial charge on any atom is -0.338 e. The molecule has 0 saturated carbocycles. The molecule has 1 heterocycles. The zero-order valence-electron chi connectivity index (χ0n) is 14.6. The first-order valence-corrected chi connectivity index (χ1v) is 8.64. The molecule has 2 rings (SSSR count). The average Bonchev–Trinajstić information content (AvgIpc) is 2.56. The fraction of sp³-hybridized carbons (Fsp3) is 0.556. The second-order valence-electron chi connectivity index (χ2n) is 6.59. The molecule has 6 nitrogen and oxygen atoms in total. The van der Waals surface area contributed by atoms with Crippen molar-refractivity contribution < 1.29 is 9.59 Å². The van der Waals surface area contributed by atoms with Crippen LogP contribution in [0.5, 0.6) is 0 Å². The summed E-state index contributed by atoms with van der Waals surface area (Å²) in [6.07, 6.45) is 0.991. The number of piperazine rings is 1. The summed E-state index contributed by atoms with van der Waals surface area (Å²) in [6, 6.07) is 9.46. The van der Waals surface area contributed by atoms with E-state index >= 15 is 0 Å². The molecular weight excluding hydrogens is 304 g/mol. The van der Waals surface area contributed by atoms with Gasteiger partial charge in [-0.25, -0.2) is 4.79 Å². The lowest BCUT2D eigenvalue weighted by atomic mass is 10.1. The van der Waals surface area contributed by atoms with Gasteiger partial charge in [0.2, 0.25) is 5.91 Å². The van der Waals surface area contributed by atoms with Crippen molar-refractivity contribution in [3.05, 3.63) is 30.3 Å². The molecule has 0 radical (unpaired) electrons. The summed E-state index contributed by atoms with van der Waals surface area (Å²) in [5.74, 6) is 0.571. The van der Waals surface area contributed by atoms with Crippen molar-refractivity contribution in [1.82, 2.24) is 15.1 Å². The zero-order chi connectivity index (χ0) is 17.4. The Morgan fingerprint density at radius 3 is 2.38 bits per heavy atom. The van der Waals surface area contributed by atoms with E-state index in [1.165, 1.54) is 0 Å². The van der Waals surface area contributed by atoms with E-state index in [1.807, 2.05) is 35.2 Å². The van der Waals surface area contributed by atoms with Gasteiger partial charge in [-0.15, -0.1) is 0 Å². The molecule has 0 aromatic heterocycles. The maximum Gasteiger partial charge on any atom is 0.317 e. The van der Waals surface area contributed by atoms with E-state index in [9.17, 15) is 9.59 Å². The molecule has 0 bridgehead atoms. The van der Waals surface area contributed by atoms with Crippen LogP contribution in [0, 0.1) is 5.92 Å². The summed E-state index contributed by atoms with van der Waals surface area (Å²) < 4.78 is 0. The van der Waals surface area contributed by atoms with E-state index in [4.69, 9.17) is 0 Å². The predicted molar refractivity (Wildman–Crippen MR) is 95.9 cm³/mol. The summed E-state index contributed by atoms with van der Waals surface area (Å²) in [5, 5.41) is 5.85. The number of carbonyl (C=O) groups excluding carboxylic acids is 2. The van der Waals surface area contributed by atoms with E-state index in [-0.39, 0.29) is 11.9 Å². The summed E-state index contributed by atoms with van der Waals surface area (Å²) in [7, 11) is 0. The summed E-state index contributed by atoms with van der Waals surface area (Å²) >= 11 is 0. The number of hydrogen-bond acceptors (Lipinski definition) is 3. The topological polar surface area (TPSA) is 64.7 Å². The van der Waals surface area contributed by atoms with Crippen molar-refractivity contribution in [3.63, 3.8) is 0 Å². The van der Waals surface area contributed by atoms with Crippen LogP contribution in [0.25, 0.3) is 0 Å². The predicted octanol–water partition coefficient (Wildman–Crippen LogP) is 2.00. The third-order valence-electron chi connectivity index (χ3n) is 4.08. The molecular formula is C18H28N4O2. The van der Waals surface area contributed by atoms with E-state index < -0.39 is 0 Å². The van der Waals surface area contributed by atoms with Crippen LogP contribution in [0.3, 0.4) is 0 Å². The molecule has 0 aliphatic carbocycles. The molecule has 2 N–H and O–H groups in total. The summed E-state index contributed by atoms with van der Waals surface area (Å²) in [5.41, 5.74) is 0.811. The zero-order valence-corrected chi connectivity index (χ0v) is 14.6. The van der Waals surface area contributed by atoms with Crippen molar-refractivity contribution in [1.29, 1.82) is 0 Å². The Kier molecular flexibility index (Phi) is 7.06. The molecule has 0 spiro atoms. The van der Waals surface area contributed by atoms with E-state index in [1.54, 1.807) is 0 Å². The maximum atomic E-state index is 12.1. The van der Waals surface area contributed by atoms with Crippen LogP contribution in [0.4, 0.5) is 10.5 Å². The number of rotatable bonds is 6. The number of para-hydroxylation sites is 1. The van der Waals surface area contributed by atoms with Crippen molar-refractivity contribution in [2.24, 2.45) is 5.92 Å². The van der Waals surface area contributed by atoms with Gasteiger partial charge >= 0.3 is 6.03 Å². The average molecular weight is 332 g/mol. The Labute approximate surface area is 144 Å². The molecule has 1 aliphatic heterocycles. The van der Waals surface area contributed by atoms with E-state index in [0.29, 0.717) is 25.6 Å². The first-order valence-electron chi connectivity index (χ1n) is 8.64. The highest BCUT2D eigenvalue weighted by Gasteiger charge is 2.22. The van der Waals surface area contributed by atoms with E-state index in [2.05, 4.69) is 29.4 Å². The third kappa shape index (κ3) is 6.20. The number of urea groups is 1. The van der Waals surface area contributed by atoms with Crippen LogP contribution in [0.15, 0.2) is 30.3 Å². The van der Waals surface area contributed by atoms with Gasteiger partial charge in [0.15, 0.2) is 0 Å². The van der Waals surface area contributed by atoms with Crippen molar-refractivity contribution in [2.75, 3.05) is 44.6 Å². The number of anilines is 1. The van der Waals surface area contributed by atoms with Crippen LogP contribution in [0.1, 0.15) is 20.3 Å². The van der Waals surface area contributed by atoms with Gasteiger partial charge in [-0.05, 0) is 24.5 Å². The summed E-state index contributed by atoms with van der Waals surface area (Å²) in [4.78, 5) is 28.0. The molecule has 1 fully saturated rings. The Balaban J connectivity index is 1.67. The van der Waals surface area contributed by atoms with Crippen LogP contribution >= 0.6 is 0 Å². The minimum absolute atomic E-state index is 0.00374. The molecule has 132 valence electrons. The first kappa shape index (κ1) is 18.3. The lowest BCUT2D eigenvalue weighted by Gasteiger charge is -2.34. The fourth-order valence-electron chi connectivity index (χ4n) is 2.61. The molecule has 1 aromatic rings. The fourth-order valence-corrected chi connectivity index (χ4v) is 2.61. The molecule has 1 aromatic carbocycles. The lowest BCUT2D eigenvalue weighted by Crippen LogP contribution is -2.53. The number of benzene rings is 1. The molecule has 0 atom stereocenters. The Morgan fingerprint density at radius 2 is 1.75 bits per heavy atom. The molecule has 3 amide bonds. The number of nitrogens with zero attached hydrogens (tertiary/aromatic N) is 2. The molecule has 1 saturated heterocycles. The van der Waals surface area contributed by atoms with Gasteiger partial charge in [-0.1, -0.05) is 32.0 Å². The third-order valence-corrected chi connectivity index (χ3v) is 4.08. The van der Waals surface area contributed by atoms with Gasteiger partial charge in [0.05, 0.1) is 6.54 Å². The second-order valence-corrected chi connectivity index (χ2v) is 6.59. The standard InChI is InChI=1S/C18H28N4O2/c1-15(2)8-9-19-18(24)22-12-10-21(11-13-22)14-17(23)20-16-6-4-3-5-7-16/h3-7,15H,8-14H2,1-2H3,(H,19,24)(H,20,23). The van der Waals surface area contributed by atoms with Crippen molar-refractivity contribution >= 4 is 17.6 Å². The van der Waals surface area contributed by atoms with Crippen LogP contribution in [-0.4, -0.2) is 61.0 Å². The van der Waals surface area contributed by atoms with Crippen LogP contribution < -0.4 is 10.6 Å². The largest absolute Gasteiger partial charge is 0.338 e. The normalized spacial score (nSPS) is 15.4. The highest BCUT2D eigenvalue weighted by atomic mass is 16.2. The number of amides is 3. The van der Waals surface area contributed by atoms with Crippen molar-refractivity contribution in [3.8, 4) is 0 Å². The van der Waals surface area contributed by atoms with Crippen molar-refractivity contribution in [2.45, 2.75) is 20.3 Å². The van der Waals surface area contributed by atoms with Gasteiger partial charge in [0, 0.05) is 38.4 Å². The van der Waals surface area contributed by atoms with Gasteiger partial charge < -0.3 is 15.5 Å². The molecule has 1 aliphatic rings. The van der Waals surface area contributed by atoms with Gasteiger partial charge in [0.1, 0.15) is 0 Å². The van der Waals surface area contributed by atoms with Gasteiger partial charge in [-0.2, -0.15) is 0 Å². The van der Waals surface area contributed by atoms with Gasteiger partial charge in [-0.3, -0.25) is 9.69 Å². The summed E-state index contributed by atoms with van der Waals surface area (Å²) in [6.45, 7) is 8.13. The van der Waals surface area contributed by atoms with Crippen LogP contribution in [0.2, 0.25) is 0 Å².